The summed E-state index contributed by atoms with van der Waals surface area (Å²) in [6, 6.07) is 13.2. The van der Waals surface area contributed by atoms with Crippen LogP contribution >= 0.6 is 23.2 Å². The maximum atomic E-state index is 12.4. The van der Waals surface area contributed by atoms with Gasteiger partial charge in [-0.2, -0.15) is 0 Å². The third-order valence-electron chi connectivity index (χ3n) is 4.51. The molecule has 0 spiro atoms. The number of hydrogen-bond acceptors (Lipinski definition) is 2. The Kier molecular flexibility index (Phi) is 5.44. The molecule has 1 heterocycles. The molecule has 2 aromatic carbocycles. The lowest BCUT2D eigenvalue weighted by Gasteiger charge is -2.34. The van der Waals surface area contributed by atoms with Gasteiger partial charge in [-0.1, -0.05) is 53.5 Å². The molecule has 2 aromatic rings. The summed E-state index contributed by atoms with van der Waals surface area (Å²) in [7, 11) is 0. The van der Waals surface area contributed by atoms with Crippen molar-refractivity contribution in [1.82, 2.24) is 0 Å². The molecule has 1 N–H and O–H groups in total. The van der Waals surface area contributed by atoms with E-state index in [0.717, 1.165) is 24.0 Å². The molecule has 1 saturated heterocycles. The van der Waals surface area contributed by atoms with E-state index in [1.165, 1.54) is 0 Å². The zero-order valence-corrected chi connectivity index (χ0v) is 14.7. The molecular weight excluding hydrogens is 345 g/mol. The quantitative estimate of drug-likeness (QED) is 0.870. The second kappa shape index (κ2) is 7.56. The molecular formula is C19H19Cl2NO2. The molecule has 0 bridgehead atoms. The topological polar surface area (TPSA) is 40.5 Å². The van der Waals surface area contributed by atoms with E-state index in [9.17, 15) is 9.90 Å². The van der Waals surface area contributed by atoms with Crippen molar-refractivity contribution in [2.75, 3.05) is 11.4 Å². The summed E-state index contributed by atoms with van der Waals surface area (Å²) in [5.74, 6) is 0.361. The molecule has 3 rings (SSSR count). The fourth-order valence-electron chi connectivity index (χ4n) is 3.27. The average molecular weight is 364 g/mol. The van der Waals surface area contributed by atoms with E-state index in [1.54, 1.807) is 23.1 Å². The summed E-state index contributed by atoms with van der Waals surface area (Å²) >= 11 is 12.5. The van der Waals surface area contributed by atoms with Crippen LogP contribution in [0, 0.1) is 5.92 Å². The van der Waals surface area contributed by atoms with Gasteiger partial charge in [-0.15, -0.1) is 0 Å². The zero-order valence-electron chi connectivity index (χ0n) is 13.2. The number of piperidine rings is 1. The van der Waals surface area contributed by atoms with E-state index in [4.69, 9.17) is 23.2 Å². The lowest BCUT2D eigenvalue weighted by molar-refractivity contribution is -0.120. The molecule has 5 heteroatoms. The summed E-state index contributed by atoms with van der Waals surface area (Å²) in [4.78, 5) is 14.1. The number of aliphatic hydroxyl groups is 1. The number of amides is 1. The predicted octanol–water partition coefficient (Wildman–Crippen LogP) is 4.47. The van der Waals surface area contributed by atoms with E-state index in [1.807, 2.05) is 24.3 Å². The molecule has 1 atom stereocenters. The smallest absolute Gasteiger partial charge is 0.227 e. The molecule has 0 aromatic heterocycles. The number of halogens is 2. The number of carbonyl (C=O) groups excluding carboxylic acids is 1. The number of carbonyl (C=O) groups is 1. The molecule has 0 aliphatic carbocycles. The van der Waals surface area contributed by atoms with Crippen LogP contribution < -0.4 is 4.90 Å². The number of aliphatic hydroxyl groups excluding tert-OH is 1. The minimum Gasteiger partial charge on any atom is -0.392 e. The first-order valence-corrected chi connectivity index (χ1v) is 8.77. The second-order valence-electron chi connectivity index (χ2n) is 6.11. The van der Waals surface area contributed by atoms with Gasteiger partial charge in [-0.3, -0.25) is 4.79 Å². The molecule has 3 nitrogen and oxygen atoms in total. The molecule has 1 aliphatic heterocycles. The maximum absolute atomic E-state index is 12.4. The molecule has 1 fully saturated rings. The third kappa shape index (κ3) is 3.59. The first-order valence-electron chi connectivity index (χ1n) is 8.02. The second-order valence-corrected chi connectivity index (χ2v) is 6.92. The van der Waals surface area contributed by atoms with Crippen molar-refractivity contribution >= 4 is 34.8 Å². The Morgan fingerprint density at radius 2 is 1.71 bits per heavy atom. The van der Waals surface area contributed by atoms with Gasteiger partial charge in [0.25, 0.3) is 0 Å². The molecule has 1 unspecified atom stereocenters. The van der Waals surface area contributed by atoms with Crippen LogP contribution in [0.4, 0.5) is 5.69 Å². The van der Waals surface area contributed by atoms with E-state index < -0.39 is 0 Å². The van der Waals surface area contributed by atoms with Gasteiger partial charge in [-0.05, 0) is 42.0 Å². The van der Waals surface area contributed by atoms with E-state index >= 15 is 0 Å². The van der Waals surface area contributed by atoms with Crippen LogP contribution in [-0.2, 0) is 17.8 Å². The molecule has 0 radical (unpaired) electrons. The van der Waals surface area contributed by atoms with Crippen LogP contribution in [0.5, 0.6) is 0 Å². The number of rotatable bonds is 4. The Hall–Kier alpha value is -1.55. The summed E-state index contributed by atoms with van der Waals surface area (Å²) in [5, 5.41) is 10.5. The standard InChI is InChI=1S/C19H19Cl2NO2/c20-16-6-3-7-17(21)19(16)22-11-13(8-9-18(22)24)10-14-4-1-2-5-15(14)12-23/h1-7,13,23H,8-12H2. The van der Waals surface area contributed by atoms with Gasteiger partial charge in [0.2, 0.25) is 5.91 Å². The largest absolute Gasteiger partial charge is 0.392 e. The van der Waals surface area contributed by atoms with Crippen molar-refractivity contribution in [3.05, 3.63) is 63.6 Å². The normalized spacial score (nSPS) is 18.0. The summed E-state index contributed by atoms with van der Waals surface area (Å²) in [6.07, 6.45) is 2.13. The highest BCUT2D eigenvalue weighted by molar-refractivity contribution is 6.39. The van der Waals surface area contributed by atoms with Gasteiger partial charge in [0, 0.05) is 13.0 Å². The molecule has 0 saturated carbocycles. The fraction of sp³-hybridized carbons (Fsp3) is 0.316. The minimum atomic E-state index is 0.0296. The molecule has 24 heavy (non-hydrogen) atoms. The van der Waals surface area contributed by atoms with Crippen molar-refractivity contribution in [2.45, 2.75) is 25.9 Å². The monoisotopic (exact) mass is 363 g/mol. The highest BCUT2D eigenvalue weighted by Crippen LogP contribution is 2.37. The zero-order chi connectivity index (χ0) is 17.1. The van der Waals surface area contributed by atoms with Crippen LogP contribution in [0.15, 0.2) is 42.5 Å². The Balaban J connectivity index is 1.82. The lowest BCUT2D eigenvalue weighted by Crippen LogP contribution is -2.41. The van der Waals surface area contributed by atoms with Crippen molar-refractivity contribution in [3.63, 3.8) is 0 Å². The Bertz CT molecular complexity index is 728. The highest BCUT2D eigenvalue weighted by Gasteiger charge is 2.29. The van der Waals surface area contributed by atoms with E-state index in [0.29, 0.717) is 34.6 Å². The SMILES string of the molecule is O=C1CCC(Cc2ccccc2CO)CN1c1c(Cl)cccc1Cl. The van der Waals surface area contributed by atoms with Crippen molar-refractivity contribution in [2.24, 2.45) is 5.92 Å². The first-order chi connectivity index (χ1) is 11.6. The fourth-order valence-corrected chi connectivity index (χ4v) is 3.87. The summed E-state index contributed by atoms with van der Waals surface area (Å²) in [6.45, 7) is 0.615. The van der Waals surface area contributed by atoms with Crippen molar-refractivity contribution in [1.29, 1.82) is 0 Å². The van der Waals surface area contributed by atoms with Gasteiger partial charge >= 0.3 is 0 Å². The molecule has 1 amide bonds. The van der Waals surface area contributed by atoms with Crippen LogP contribution in [0.2, 0.25) is 10.0 Å². The van der Waals surface area contributed by atoms with Gasteiger partial charge in [-0.25, -0.2) is 0 Å². The number of anilines is 1. The van der Waals surface area contributed by atoms with Crippen LogP contribution in [0.3, 0.4) is 0 Å². The Labute approximate surface area is 151 Å². The summed E-state index contributed by atoms with van der Waals surface area (Å²) in [5.41, 5.74) is 2.67. The average Bonchev–Trinajstić information content (AvgIpc) is 2.58. The minimum absolute atomic E-state index is 0.0296. The molecule has 1 aliphatic rings. The van der Waals surface area contributed by atoms with Gasteiger partial charge in [0.1, 0.15) is 0 Å². The highest BCUT2D eigenvalue weighted by atomic mass is 35.5. The lowest BCUT2D eigenvalue weighted by atomic mass is 9.89. The Morgan fingerprint density at radius 1 is 1.04 bits per heavy atom. The van der Waals surface area contributed by atoms with Crippen LogP contribution in [0.1, 0.15) is 24.0 Å². The number of para-hydroxylation sites is 1. The third-order valence-corrected chi connectivity index (χ3v) is 5.12. The maximum Gasteiger partial charge on any atom is 0.227 e. The van der Waals surface area contributed by atoms with Crippen LogP contribution in [-0.4, -0.2) is 17.6 Å². The first kappa shape index (κ1) is 17.3. The predicted molar refractivity (Wildman–Crippen MR) is 97.6 cm³/mol. The van der Waals surface area contributed by atoms with E-state index in [-0.39, 0.29) is 12.5 Å². The van der Waals surface area contributed by atoms with Gasteiger partial charge < -0.3 is 10.0 Å². The Morgan fingerprint density at radius 3 is 2.38 bits per heavy atom. The van der Waals surface area contributed by atoms with Gasteiger partial charge in [0.05, 0.1) is 22.3 Å². The van der Waals surface area contributed by atoms with Crippen LogP contribution in [0.25, 0.3) is 0 Å². The van der Waals surface area contributed by atoms with E-state index in [2.05, 4.69) is 0 Å². The van der Waals surface area contributed by atoms with Crippen molar-refractivity contribution < 1.29 is 9.90 Å². The molecule has 126 valence electrons. The number of hydrogen-bond donors (Lipinski definition) is 1. The number of nitrogens with zero attached hydrogens (tertiary/aromatic N) is 1. The number of benzene rings is 2. The van der Waals surface area contributed by atoms with Gasteiger partial charge in [0.15, 0.2) is 0 Å². The summed E-state index contributed by atoms with van der Waals surface area (Å²) < 4.78 is 0. The van der Waals surface area contributed by atoms with Crippen molar-refractivity contribution in [3.8, 4) is 0 Å².